The number of non-ortho nitro benzene ring substituents is 1. The van der Waals surface area contributed by atoms with Gasteiger partial charge in [0.25, 0.3) is 5.69 Å². The molecule has 0 unspecified atom stereocenters. The summed E-state index contributed by atoms with van der Waals surface area (Å²) in [7, 11) is 0. The second-order valence-electron chi connectivity index (χ2n) is 6.41. The summed E-state index contributed by atoms with van der Waals surface area (Å²) in [5, 5.41) is 26.0. The molecule has 10 nitrogen and oxygen atoms in total. The van der Waals surface area contributed by atoms with Crippen molar-refractivity contribution in [2.45, 2.75) is 19.3 Å². The lowest BCUT2D eigenvalue weighted by Crippen LogP contribution is -2.00. The molecule has 0 bridgehead atoms. The van der Waals surface area contributed by atoms with Gasteiger partial charge in [-0.05, 0) is 31.4 Å². The first kappa shape index (κ1) is 27.5. The van der Waals surface area contributed by atoms with E-state index in [2.05, 4.69) is 5.16 Å². The normalized spacial score (nSPS) is 10.7. The Balaban J connectivity index is 1.77. The van der Waals surface area contributed by atoms with Gasteiger partial charge in [-0.3, -0.25) is 20.2 Å². The van der Waals surface area contributed by atoms with E-state index in [-0.39, 0.29) is 26.9 Å². The molecule has 0 saturated heterocycles. The Morgan fingerprint density at radius 1 is 1.00 bits per heavy atom. The molecule has 0 heterocycles. The zero-order valence-corrected chi connectivity index (χ0v) is 20.3. The molecule has 2 aromatic rings. The van der Waals surface area contributed by atoms with Gasteiger partial charge in [-0.25, -0.2) is 0 Å². The van der Waals surface area contributed by atoms with E-state index in [1.807, 2.05) is 0 Å². The van der Waals surface area contributed by atoms with Crippen LogP contribution in [0.15, 0.2) is 46.1 Å². The summed E-state index contributed by atoms with van der Waals surface area (Å²) in [6.45, 7) is 0.477. The maximum absolute atomic E-state index is 11.1. The molecule has 0 fully saturated rings. The molecule has 2 rings (SSSR count). The largest absolute Gasteiger partial charge is 0.490 e. The van der Waals surface area contributed by atoms with Crippen molar-refractivity contribution in [2.24, 2.45) is 5.16 Å². The van der Waals surface area contributed by atoms with Gasteiger partial charge in [-0.1, -0.05) is 51.6 Å². The van der Waals surface area contributed by atoms with Crippen LogP contribution in [0.2, 0.25) is 10.0 Å². The van der Waals surface area contributed by atoms with Gasteiger partial charge in [0.2, 0.25) is 5.75 Å². The number of nitro groups is 2. The van der Waals surface area contributed by atoms with E-state index in [0.717, 1.165) is 18.2 Å². The summed E-state index contributed by atoms with van der Waals surface area (Å²) < 4.78 is 11.1. The Morgan fingerprint density at radius 3 is 2.32 bits per heavy atom. The van der Waals surface area contributed by atoms with E-state index >= 15 is 0 Å². The lowest BCUT2D eigenvalue weighted by atomic mass is 10.2. The summed E-state index contributed by atoms with van der Waals surface area (Å²) in [6, 6.07) is 6.13. The Kier molecular flexibility index (Phi) is 11.1. The van der Waals surface area contributed by atoms with Crippen LogP contribution in [0.3, 0.4) is 0 Å². The van der Waals surface area contributed by atoms with Gasteiger partial charge in [0, 0.05) is 24.4 Å². The van der Waals surface area contributed by atoms with Crippen LogP contribution in [0, 0.1) is 20.2 Å². The van der Waals surface area contributed by atoms with Gasteiger partial charge in [0.15, 0.2) is 5.75 Å². The molecule has 0 aromatic heterocycles. The highest BCUT2D eigenvalue weighted by atomic mass is 35.5. The van der Waals surface area contributed by atoms with E-state index in [9.17, 15) is 20.2 Å². The SMILES string of the molecule is O=[N+]([O-])c1ccc(ON=CCCCCOc2c(Cl)cc(OCC=C(Cl)Cl)cc2Cl)c([N+](=O)[O-])c1. The van der Waals surface area contributed by atoms with Gasteiger partial charge in [-0.15, -0.1) is 0 Å². The van der Waals surface area contributed by atoms with Crippen molar-refractivity contribution in [1.29, 1.82) is 0 Å². The van der Waals surface area contributed by atoms with Crippen LogP contribution in [-0.2, 0) is 0 Å². The van der Waals surface area contributed by atoms with E-state index in [1.54, 1.807) is 12.1 Å². The minimum atomic E-state index is -0.781. The van der Waals surface area contributed by atoms with Crippen molar-refractivity contribution < 1.29 is 24.2 Å². The number of ether oxygens (including phenoxy) is 2. The molecule has 0 atom stereocenters. The summed E-state index contributed by atoms with van der Waals surface area (Å²) in [5.41, 5.74) is -0.969. The quantitative estimate of drug-likeness (QED) is 0.112. The number of benzene rings is 2. The van der Waals surface area contributed by atoms with Crippen LogP contribution in [0.25, 0.3) is 0 Å². The number of nitro benzene ring substituents is 2. The number of nitrogens with zero attached hydrogens (tertiary/aromatic N) is 3. The first-order valence-electron chi connectivity index (χ1n) is 9.56. The van der Waals surface area contributed by atoms with Crippen LogP contribution < -0.4 is 14.3 Å². The van der Waals surface area contributed by atoms with Crippen molar-refractivity contribution in [3.63, 3.8) is 0 Å². The van der Waals surface area contributed by atoms with Gasteiger partial charge in [-0.2, -0.15) is 0 Å². The predicted octanol–water partition coefficient (Wildman–Crippen LogP) is 7.12. The van der Waals surface area contributed by atoms with Crippen LogP contribution in [0.1, 0.15) is 19.3 Å². The Hall–Kier alpha value is -2.79. The summed E-state index contributed by atoms with van der Waals surface area (Å²) >= 11 is 23.4. The molecule has 0 amide bonds. The van der Waals surface area contributed by atoms with E-state index in [4.69, 9.17) is 60.7 Å². The lowest BCUT2D eigenvalue weighted by molar-refractivity contribution is -0.394. The summed E-state index contributed by atoms with van der Waals surface area (Å²) in [6.07, 6.45) is 4.69. The van der Waals surface area contributed by atoms with Crippen molar-refractivity contribution in [3.8, 4) is 17.2 Å². The molecule has 14 heteroatoms. The highest BCUT2D eigenvalue weighted by Crippen LogP contribution is 2.37. The highest BCUT2D eigenvalue weighted by molar-refractivity contribution is 6.55. The van der Waals surface area contributed by atoms with E-state index in [0.29, 0.717) is 37.4 Å². The van der Waals surface area contributed by atoms with Crippen molar-refractivity contribution in [2.75, 3.05) is 13.2 Å². The number of rotatable bonds is 13. The third kappa shape index (κ3) is 8.86. The fourth-order valence-electron chi connectivity index (χ4n) is 2.46. The molecule has 0 radical (unpaired) electrons. The molecule has 182 valence electrons. The number of hydrogen-bond donors (Lipinski definition) is 0. The maximum atomic E-state index is 11.1. The summed E-state index contributed by atoms with van der Waals surface area (Å²) in [4.78, 5) is 25.3. The number of hydrogen-bond acceptors (Lipinski definition) is 8. The molecule has 2 aromatic carbocycles. The molecule has 0 aliphatic heterocycles. The minimum Gasteiger partial charge on any atom is -0.490 e. The molecular formula is C20H17Cl4N3O7. The highest BCUT2D eigenvalue weighted by Gasteiger charge is 2.21. The van der Waals surface area contributed by atoms with Crippen molar-refractivity contribution >= 4 is 64.0 Å². The smallest absolute Gasteiger partial charge is 0.321 e. The zero-order valence-electron chi connectivity index (χ0n) is 17.3. The third-order valence-electron chi connectivity index (χ3n) is 4.01. The number of unbranched alkanes of at least 4 members (excludes halogenated alkanes) is 2. The predicted molar refractivity (Wildman–Crippen MR) is 130 cm³/mol. The molecule has 0 N–H and O–H groups in total. The van der Waals surface area contributed by atoms with Crippen molar-refractivity contribution in [3.05, 3.63) is 71.2 Å². The van der Waals surface area contributed by atoms with Crippen LogP contribution >= 0.6 is 46.4 Å². The first-order valence-corrected chi connectivity index (χ1v) is 11.1. The summed E-state index contributed by atoms with van der Waals surface area (Å²) in [5.74, 6) is 0.551. The molecule has 0 saturated carbocycles. The molecule has 0 spiro atoms. The van der Waals surface area contributed by atoms with E-state index < -0.39 is 21.2 Å². The second kappa shape index (κ2) is 13.8. The Morgan fingerprint density at radius 2 is 1.71 bits per heavy atom. The van der Waals surface area contributed by atoms with Crippen LogP contribution in [0.5, 0.6) is 17.2 Å². The standard InChI is InChI=1S/C20H17Cl4N3O7/c21-15-11-14(32-9-6-19(23)24)12-16(22)20(15)33-8-3-1-2-7-25-34-18-5-4-13(26(28)29)10-17(18)27(30)31/h4-7,10-12H,1-3,8-9H2. The average molecular weight is 553 g/mol. The maximum Gasteiger partial charge on any atom is 0.321 e. The minimum absolute atomic E-state index is 0.0846. The topological polar surface area (TPSA) is 126 Å². The molecule has 34 heavy (non-hydrogen) atoms. The van der Waals surface area contributed by atoms with Crippen LogP contribution in [0.4, 0.5) is 11.4 Å². The molecule has 0 aliphatic rings. The monoisotopic (exact) mass is 551 g/mol. The average Bonchev–Trinajstić information content (AvgIpc) is 2.76. The lowest BCUT2D eigenvalue weighted by Gasteiger charge is -2.12. The first-order chi connectivity index (χ1) is 16.2. The van der Waals surface area contributed by atoms with E-state index in [1.165, 1.54) is 12.3 Å². The fraction of sp³-hybridized carbons (Fsp3) is 0.250. The Bertz CT molecular complexity index is 1070. The Labute approximate surface area is 213 Å². The van der Waals surface area contributed by atoms with Gasteiger partial charge >= 0.3 is 5.69 Å². The van der Waals surface area contributed by atoms with Gasteiger partial charge in [0.1, 0.15) is 16.8 Å². The molecule has 0 aliphatic carbocycles. The number of oxime groups is 1. The zero-order chi connectivity index (χ0) is 25.1. The molecular weight excluding hydrogens is 536 g/mol. The fourth-order valence-corrected chi connectivity index (χ4v) is 3.16. The second-order valence-corrected chi connectivity index (χ2v) is 8.23. The van der Waals surface area contributed by atoms with Gasteiger partial charge < -0.3 is 14.3 Å². The third-order valence-corrected chi connectivity index (χ3v) is 4.88. The number of halogens is 4. The van der Waals surface area contributed by atoms with Crippen LogP contribution in [-0.4, -0.2) is 29.3 Å². The van der Waals surface area contributed by atoms with Gasteiger partial charge in [0.05, 0.1) is 32.6 Å². The van der Waals surface area contributed by atoms with Crippen molar-refractivity contribution in [1.82, 2.24) is 0 Å².